The third kappa shape index (κ3) is 5.19. The number of halogens is 1. The lowest BCUT2D eigenvalue weighted by Gasteiger charge is -2.13. The number of hydrogen-bond donors (Lipinski definition) is 2. The van der Waals surface area contributed by atoms with Crippen LogP contribution in [-0.2, 0) is 16.1 Å². The smallest absolute Gasteiger partial charge is 0.412 e. The number of benzene rings is 2. The van der Waals surface area contributed by atoms with Gasteiger partial charge in [-0.3, -0.25) is 5.32 Å². The molecule has 0 aliphatic carbocycles. The monoisotopic (exact) mass is 407 g/mol. The lowest BCUT2D eigenvalue weighted by atomic mass is 10.2. The quantitative estimate of drug-likeness (QED) is 0.687. The number of epoxide rings is 1. The van der Waals surface area contributed by atoms with Crippen LogP contribution < -0.4 is 10.1 Å². The summed E-state index contributed by atoms with van der Waals surface area (Å²) in [5, 5.41) is 11.7. The summed E-state index contributed by atoms with van der Waals surface area (Å²) in [5.74, 6) is 0.498. The number of rotatable bonds is 7. The predicted molar refractivity (Wildman–Crippen MR) is 95.6 cm³/mol. The highest BCUT2D eigenvalue weighted by atomic mass is 79.9. The van der Waals surface area contributed by atoms with Crippen molar-refractivity contribution in [3.8, 4) is 5.75 Å². The summed E-state index contributed by atoms with van der Waals surface area (Å²) >= 11 is 3.38. The molecule has 3 rings (SSSR count). The van der Waals surface area contributed by atoms with Crippen LogP contribution in [0.3, 0.4) is 0 Å². The maximum Gasteiger partial charge on any atom is 0.412 e. The molecule has 1 saturated heterocycles. The van der Waals surface area contributed by atoms with E-state index in [9.17, 15) is 4.79 Å². The molecule has 2 N–H and O–H groups in total. The summed E-state index contributed by atoms with van der Waals surface area (Å²) in [6.07, 6.45) is -0.854. The van der Waals surface area contributed by atoms with Gasteiger partial charge in [0, 0.05) is 4.47 Å². The van der Waals surface area contributed by atoms with Gasteiger partial charge >= 0.3 is 6.09 Å². The molecule has 1 heterocycles. The SMILES string of the molecule is O=C(Nc1ccc(Br)cc1OC[C@@H]1O[C@H]1CO)OCc1ccccc1. The molecule has 2 aromatic carbocycles. The number of aliphatic hydroxyl groups excluding tert-OH is 1. The molecule has 0 radical (unpaired) electrons. The Morgan fingerprint density at radius 3 is 2.72 bits per heavy atom. The number of carbonyl (C=O) groups is 1. The van der Waals surface area contributed by atoms with Gasteiger partial charge in [0.15, 0.2) is 0 Å². The Morgan fingerprint density at radius 1 is 1.20 bits per heavy atom. The highest BCUT2D eigenvalue weighted by Gasteiger charge is 2.38. The molecule has 1 fully saturated rings. The van der Waals surface area contributed by atoms with Crippen LogP contribution in [0.1, 0.15) is 5.56 Å². The van der Waals surface area contributed by atoms with E-state index in [1.165, 1.54) is 0 Å². The van der Waals surface area contributed by atoms with Gasteiger partial charge in [0.25, 0.3) is 0 Å². The second kappa shape index (κ2) is 8.33. The standard InChI is InChI=1S/C18H18BrNO5/c19-13-6-7-14(15(8-13)23-11-17-16(9-21)25-17)20-18(22)24-10-12-4-2-1-3-5-12/h1-8,16-17,21H,9-11H2,(H,20,22)/t16-,17-/m0/s1. The lowest BCUT2D eigenvalue weighted by Crippen LogP contribution is -2.15. The summed E-state index contributed by atoms with van der Waals surface area (Å²) in [6, 6.07) is 14.7. The highest BCUT2D eigenvalue weighted by molar-refractivity contribution is 9.10. The first-order chi connectivity index (χ1) is 12.2. The molecule has 1 aliphatic heterocycles. The minimum absolute atomic E-state index is 0.0244. The van der Waals surface area contributed by atoms with E-state index >= 15 is 0 Å². The topological polar surface area (TPSA) is 80.3 Å². The maximum atomic E-state index is 12.0. The largest absolute Gasteiger partial charge is 0.489 e. The van der Waals surface area contributed by atoms with Crippen LogP contribution in [0.15, 0.2) is 53.0 Å². The Hall–Kier alpha value is -2.09. The van der Waals surface area contributed by atoms with E-state index in [1.54, 1.807) is 18.2 Å². The van der Waals surface area contributed by atoms with Crippen LogP contribution >= 0.6 is 15.9 Å². The average molecular weight is 408 g/mol. The Bertz CT molecular complexity index is 725. The predicted octanol–water partition coefficient (Wildman–Crippen LogP) is 3.34. The Morgan fingerprint density at radius 2 is 2.00 bits per heavy atom. The van der Waals surface area contributed by atoms with Crippen molar-refractivity contribution in [2.75, 3.05) is 18.5 Å². The minimum atomic E-state index is -0.563. The molecule has 6 nitrogen and oxygen atoms in total. The fraction of sp³-hybridized carbons (Fsp3) is 0.278. The van der Waals surface area contributed by atoms with Crippen molar-refractivity contribution in [2.45, 2.75) is 18.8 Å². The van der Waals surface area contributed by atoms with Crippen molar-refractivity contribution in [1.29, 1.82) is 0 Å². The first-order valence-corrected chi connectivity index (χ1v) is 8.61. The zero-order chi connectivity index (χ0) is 17.6. The summed E-state index contributed by atoms with van der Waals surface area (Å²) < 4.78 is 17.0. The second-order valence-corrected chi connectivity index (χ2v) is 6.45. The van der Waals surface area contributed by atoms with Gasteiger partial charge in [-0.1, -0.05) is 46.3 Å². The van der Waals surface area contributed by atoms with Crippen LogP contribution in [0.5, 0.6) is 5.75 Å². The maximum absolute atomic E-state index is 12.0. The summed E-state index contributed by atoms with van der Waals surface area (Å²) in [4.78, 5) is 12.0. The minimum Gasteiger partial charge on any atom is -0.489 e. The van der Waals surface area contributed by atoms with E-state index in [0.29, 0.717) is 18.0 Å². The van der Waals surface area contributed by atoms with Gasteiger partial charge in [-0.15, -0.1) is 0 Å². The average Bonchev–Trinajstić information content (AvgIpc) is 3.40. The van der Waals surface area contributed by atoms with Gasteiger partial charge in [0.1, 0.15) is 31.2 Å². The molecule has 0 saturated carbocycles. The van der Waals surface area contributed by atoms with Gasteiger partial charge in [-0.25, -0.2) is 4.79 Å². The normalized spacial score (nSPS) is 18.5. The molecular weight excluding hydrogens is 390 g/mol. The van der Waals surface area contributed by atoms with E-state index < -0.39 is 6.09 Å². The van der Waals surface area contributed by atoms with Gasteiger partial charge in [0.05, 0.1) is 12.3 Å². The van der Waals surface area contributed by atoms with E-state index in [4.69, 9.17) is 19.3 Å². The number of anilines is 1. The van der Waals surface area contributed by atoms with Crippen LogP contribution in [0.2, 0.25) is 0 Å². The van der Waals surface area contributed by atoms with Gasteiger partial charge in [-0.05, 0) is 23.8 Å². The molecule has 2 atom stereocenters. The third-order valence-corrected chi connectivity index (χ3v) is 4.16. The van der Waals surface area contributed by atoms with Crippen LogP contribution in [0.25, 0.3) is 0 Å². The van der Waals surface area contributed by atoms with Crippen LogP contribution in [0.4, 0.5) is 10.5 Å². The van der Waals surface area contributed by atoms with Crippen molar-refractivity contribution in [1.82, 2.24) is 0 Å². The van der Waals surface area contributed by atoms with Crippen molar-refractivity contribution in [3.63, 3.8) is 0 Å². The molecule has 2 aromatic rings. The molecule has 25 heavy (non-hydrogen) atoms. The molecular formula is C18H18BrNO5. The Labute approximate surface area is 153 Å². The number of amides is 1. The van der Waals surface area contributed by atoms with E-state index in [-0.39, 0.29) is 25.4 Å². The van der Waals surface area contributed by atoms with Crippen LogP contribution in [0, 0.1) is 0 Å². The Kier molecular flexibility index (Phi) is 5.91. The van der Waals surface area contributed by atoms with Crippen molar-refractivity contribution in [2.24, 2.45) is 0 Å². The number of ether oxygens (including phenoxy) is 3. The van der Waals surface area contributed by atoms with E-state index in [2.05, 4.69) is 21.2 Å². The number of hydrogen-bond acceptors (Lipinski definition) is 5. The zero-order valence-electron chi connectivity index (χ0n) is 13.4. The molecule has 1 amide bonds. The van der Waals surface area contributed by atoms with Gasteiger partial charge in [0.2, 0.25) is 0 Å². The highest BCUT2D eigenvalue weighted by Crippen LogP contribution is 2.30. The molecule has 0 aromatic heterocycles. The summed E-state index contributed by atoms with van der Waals surface area (Å²) in [7, 11) is 0. The van der Waals surface area contributed by atoms with Crippen molar-refractivity contribution in [3.05, 3.63) is 58.6 Å². The van der Waals surface area contributed by atoms with Crippen LogP contribution in [-0.4, -0.2) is 36.6 Å². The van der Waals surface area contributed by atoms with Gasteiger partial charge in [-0.2, -0.15) is 0 Å². The molecule has 0 spiro atoms. The van der Waals surface area contributed by atoms with E-state index in [0.717, 1.165) is 10.0 Å². The molecule has 132 valence electrons. The van der Waals surface area contributed by atoms with Crippen molar-refractivity contribution < 1.29 is 24.1 Å². The molecule has 7 heteroatoms. The molecule has 0 bridgehead atoms. The fourth-order valence-corrected chi connectivity index (χ4v) is 2.59. The van der Waals surface area contributed by atoms with E-state index in [1.807, 2.05) is 30.3 Å². The zero-order valence-corrected chi connectivity index (χ0v) is 14.9. The van der Waals surface area contributed by atoms with Gasteiger partial charge < -0.3 is 19.3 Å². The fourth-order valence-electron chi connectivity index (χ4n) is 2.25. The first-order valence-electron chi connectivity index (χ1n) is 7.82. The number of aliphatic hydroxyl groups is 1. The van der Waals surface area contributed by atoms with Crippen molar-refractivity contribution >= 4 is 27.7 Å². The summed E-state index contributed by atoms with van der Waals surface area (Å²) in [6.45, 7) is 0.465. The summed E-state index contributed by atoms with van der Waals surface area (Å²) in [5.41, 5.74) is 1.41. The number of carbonyl (C=O) groups excluding carboxylic acids is 1. The third-order valence-electron chi connectivity index (χ3n) is 3.66. The first kappa shape index (κ1) is 17.7. The molecule has 0 unspecified atom stereocenters. The Balaban J connectivity index is 1.56. The number of nitrogens with one attached hydrogen (secondary N) is 1. The lowest BCUT2D eigenvalue weighted by molar-refractivity contribution is 0.155. The second-order valence-electron chi connectivity index (χ2n) is 5.53. The molecule has 1 aliphatic rings.